The molecular formula is C19H27ClN2O3. The molecule has 1 aromatic rings. The van der Waals surface area contributed by atoms with Crippen LogP contribution in [0.25, 0.3) is 0 Å². The number of hydrogen-bond donors (Lipinski definition) is 1. The minimum absolute atomic E-state index is 0.0681. The second kappa shape index (κ2) is 10.4. The first-order valence-corrected chi connectivity index (χ1v) is 9.24. The van der Waals surface area contributed by atoms with Gasteiger partial charge >= 0.3 is 0 Å². The Morgan fingerprint density at radius 3 is 2.72 bits per heavy atom. The lowest BCUT2D eigenvalue weighted by atomic mass is 9.92. The van der Waals surface area contributed by atoms with Crippen LogP contribution in [0.15, 0.2) is 24.3 Å². The molecule has 1 aliphatic heterocycles. The quantitative estimate of drug-likeness (QED) is 0.769. The van der Waals surface area contributed by atoms with E-state index >= 15 is 0 Å². The normalized spacial score (nSPS) is 15.2. The number of likely N-dealkylation sites (tertiary alicyclic amines) is 1. The van der Waals surface area contributed by atoms with Crippen molar-refractivity contribution in [1.29, 1.82) is 0 Å². The van der Waals surface area contributed by atoms with Crippen molar-refractivity contribution in [2.24, 2.45) is 5.92 Å². The van der Waals surface area contributed by atoms with Gasteiger partial charge in [-0.25, -0.2) is 0 Å². The Morgan fingerprint density at radius 2 is 2.04 bits per heavy atom. The Morgan fingerprint density at radius 1 is 1.28 bits per heavy atom. The number of benzene rings is 1. The van der Waals surface area contributed by atoms with Crippen molar-refractivity contribution in [3.05, 3.63) is 34.9 Å². The van der Waals surface area contributed by atoms with E-state index in [0.717, 1.165) is 37.9 Å². The molecule has 2 rings (SSSR count). The van der Waals surface area contributed by atoms with Crippen LogP contribution >= 0.6 is 11.6 Å². The third-order valence-corrected chi connectivity index (χ3v) is 4.88. The van der Waals surface area contributed by atoms with Crippen LogP contribution in [-0.2, 0) is 20.9 Å². The molecular weight excluding hydrogens is 340 g/mol. The lowest BCUT2D eigenvalue weighted by Gasteiger charge is -2.32. The summed E-state index contributed by atoms with van der Waals surface area (Å²) in [4.78, 5) is 25.9. The SMILES string of the molecule is COCCC(=O)N1CCC(CCC(=O)NCc2cccc(Cl)c2)CC1. The van der Waals surface area contributed by atoms with Crippen LogP contribution in [0.1, 0.15) is 37.7 Å². The number of carbonyl (C=O) groups excluding carboxylic acids is 2. The van der Waals surface area contributed by atoms with Gasteiger partial charge in [-0.3, -0.25) is 9.59 Å². The van der Waals surface area contributed by atoms with E-state index in [2.05, 4.69) is 5.32 Å². The van der Waals surface area contributed by atoms with Crippen molar-refractivity contribution in [3.8, 4) is 0 Å². The second-order valence-electron chi connectivity index (χ2n) is 6.51. The maximum atomic E-state index is 12.0. The number of ether oxygens (including phenoxy) is 1. The molecule has 0 aromatic heterocycles. The number of methoxy groups -OCH3 is 1. The fraction of sp³-hybridized carbons (Fsp3) is 0.579. The van der Waals surface area contributed by atoms with Crippen LogP contribution in [-0.4, -0.2) is 43.5 Å². The molecule has 0 radical (unpaired) electrons. The average molecular weight is 367 g/mol. The van der Waals surface area contributed by atoms with Crippen LogP contribution < -0.4 is 5.32 Å². The largest absolute Gasteiger partial charge is 0.384 e. The van der Waals surface area contributed by atoms with Gasteiger partial charge in [-0.15, -0.1) is 0 Å². The first-order chi connectivity index (χ1) is 12.1. The van der Waals surface area contributed by atoms with Gasteiger partial charge in [0.25, 0.3) is 0 Å². The summed E-state index contributed by atoms with van der Waals surface area (Å²) < 4.78 is 4.95. The summed E-state index contributed by atoms with van der Waals surface area (Å²) in [5.74, 6) is 0.751. The van der Waals surface area contributed by atoms with Gasteiger partial charge in [-0.05, 0) is 42.9 Å². The molecule has 1 N–H and O–H groups in total. The average Bonchev–Trinajstić information content (AvgIpc) is 2.63. The smallest absolute Gasteiger partial charge is 0.224 e. The van der Waals surface area contributed by atoms with Gasteiger partial charge in [0.1, 0.15) is 0 Å². The van der Waals surface area contributed by atoms with Crippen molar-refractivity contribution >= 4 is 23.4 Å². The lowest BCUT2D eigenvalue weighted by molar-refractivity contribution is -0.133. The zero-order chi connectivity index (χ0) is 18.1. The van der Waals surface area contributed by atoms with Gasteiger partial charge in [0.2, 0.25) is 11.8 Å². The maximum absolute atomic E-state index is 12.0. The molecule has 1 fully saturated rings. The zero-order valence-corrected chi connectivity index (χ0v) is 15.6. The van der Waals surface area contributed by atoms with Crippen molar-refractivity contribution in [3.63, 3.8) is 0 Å². The first-order valence-electron chi connectivity index (χ1n) is 8.86. The highest BCUT2D eigenvalue weighted by Gasteiger charge is 2.22. The number of nitrogens with one attached hydrogen (secondary N) is 1. The molecule has 1 heterocycles. The molecule has 0 spiro atoms. The molecule has 0 saturated carbocycles. The number of rotatable bonds is 8. The standard InChI is InChI=1S/C19H27ClN2O3/c1-25-12-9-19(24)22-10-7-15(8-11-22)5-6-18(23)21-14-16-3-2-4-17(20)13-16/h2-4,13,15H,5-12,14H2,1H3,(H,21,23). The predicted molar refractivity (Wildman–Crippen MR) is 98.3 cm³/mol. The fourth-order valence-electron chi connectivity index (χ4n) is 3.09. The Balaban J connectivity index is 1.62. The number of amides is 2. The van der Waals surface area contributed by atoms with Crippen LogP contribution in [0.5, 0.6) is 0 Å². The van der Waals surface area contributed by atoms with Gasteiger partial charge in [0.15, 0.2) is 0 Å². The minimum atomic E-state index is 0.0681. The van der Waals surface area contributed by atoms with E-state index in [9.17, 15) is 9.59 Å². The molecule has 1 aliphatic rings. The Labute approximate surface area is 154 Å². The van der Waals surface area contributed by atoms with E-state index in [4.69, 9.17) is 16.3 Å². The number of piperidine rings is 1. The maximum Gasteiger partial charge on any atom is 0.224 e. The van der Waals surface area contributed by atoms with Crippen molar-refractivity contribution < 1.29 is 14.3 Å². The van der Waals surface area contributed by atoms with Crippen molar-refractivity contribution in [2.45, 2.75) is 38.6 Å². The van der Waals surface area contributed by atoms with Gasteiger partial charge in [-0.1, -0.05) is 23.7 Å². The molecule has 6 heteroatoms. The lowest BCUT2D eigenvalue weighted by Crippen LogP contribution is -2.39. The summed E-state index contributed by atoms with van der Waals surface area (Å²) in [7, 11) is 1.61. The number of nitrogens with zero attached hydrogens (tertiary/aromatic N) is 1. The van der Waals surface area contributed by atoms with Gasteiger partial charge in [-0.2, -0.15) is 0 Å². The number of halogens is 1. The fourth-order valence-corrected chi connectivity index (χ4v) is 3.30. The van der Waals surface area contributed by atoms with Crippen molar-refractivity contribution in [1.82, 2.24) is 10.2 Å². The second-order valence-corrected chi connectivity index (χ2v) is 6.95. The van der Waals surface area contributed by atoms with E-state index in [1.165, 1.54) is 0 Å². The highest BCUT2D eigenvalue weighted by Crippen LogP contribution is 2.22. The van der Waals surface area contributed by atoms with Gasteiger partial charge in [0, 0.05) is 38.2 Å². The summed E-state index contributed by atoms with van der Waals surface area (Å²) >= 11 is 5.94. The molecule has 138 valence electrons. The summed E-state index contributed by atoms with van der Waals surface area (Å²) in [6.07, 6.45) is 3.80. The summed E-state index contributed by atoms with van der Waals surface area (Å²) in [5.41, 5.74) is 1.00. The van der Waals surface area contributed by atoms with Crippen LogP contribution in [0.4, 0.5) is 0 Å². The van der Waals surface area contributed by atoms with E-state index in [1.54, 1.807) is 7.11 Å². The minimum Gasteiger partial charge on any atom is -0.384 e. The van der Waals surface area contributed by atoms with Crippen LogP contribution in [0, 0.1) is 5.92 Å². The predicted octanol–water partition coefficient (Wildman–Crippen LogP) is 3.01. The third-order valence-electron chi connectivity index (χ3n) is 4.65. The molecule has 0 atom stereocenters. The van der Waals surface area contributed by atoms with Crippen molar-refractivity contribution in [2.75, 3.05) is 26.8 Å². The first kappa shape index (κ1) is 19.7. The molecule has 25 heavy (non-hydrogen) atoms. The molecule has 0 bridgehead atoms. The van der Waals surface area contributed by atoms with Gasteiger partial charge < -0.3 is 15.0 Å². The van der Waals surface area contributed by atoms with Crippen LogP contribution in [0.2, 0.25) is 5.02 Å². The summed E-state index contributed by atoms with van der Waals surface area (Å²) in [5, 5.41) is 3.62. The molecule has 2 amide bonds. The topological polar surface area (TPSA) is 58.6 Å². The van der Waals surface area contributed by atoms with E-state index in [1.807, 2.05) is 29.2 Å². The molecule has 0 aliphatic carbocycles. The summed E-state index contributed by atoms with van der Waals surface area (Å²) in [6.45, 7) is 2.56. The molecule has 1 aromatic carbocycles. The monoisotopic (exact) mass is 366 g/mol. The number of carbonyl (C=O) groups is 2. The Kier molecular flexibility index (Phi) is 8.22. The highest BCUT2D eigenvalue weighted by atomic mass is 35.5. The summed E-state index contributed by atoms with van der Waals surface area (Å²) in [6, 6.07) is 7.51. The highest BCUT2D eigenvalue weighted by molar-refractivity contribution is 6.30. The molecule has 5 nitrogen and oxygen atoms in total. The van der Waals surface area contributed by atoms with E-state index in [-0.39, 0.29) is 11.8 Å². The molecule has 1 saturated heterocycles. The Hall–Kier alpha value is -1.59. The number of hydrogen-bond acceptors (Lipinski definition) is 3. The zero-order valence-electron chi connectivity index (χ0n) is 14.8. The Bertz CT molecular complexity index is 572. The van der Waals surface area contributed by atoms with Gasteiger partial charge in [0.05, 0.1) is 13.0 Å². The van der Waals surface area contributed by atoms with E-state index in [0.29, 0.717) is 36.9 Å². The third kappa shape index (κ3) is 7.04. The van der Waals surface area contributed by atoms with Crippen LogP contribution in [0.3, 0.4) is 0 Å². The molecule has 0 unspecified atom stereocenters. The van der Waals surface area contributed by atoms with E-state index < -0.39 is 0 Å².